The predicted molar refractivity (Wildman–Crippen MR) is 144 cm³/mol. The van der Waals surface area contributed by atoms with Gasteiger partial charge in [-0.05, 0) is 63.1 Å². The Balaban J connectivity index is 1.63. The van der Waals surface area contributed by atoms with Crippen LogP contribution < -0.4 is 14.8 Å². The molecule has 2 atom stereocenters. The van der Waals surface area contributed by atoms with Gasteiger partial charge in [-0.15, -0.1) is 0 Å². The highest BCUT2D eigenvalue weighted by atomic mass is 16.6. The highest BCUT2D eigenvalue weighted by Crippen LogP contribution is 2.36. The number of esters is 2. The summed E-state index contributed by atoms with van der Waals surface area (Å²) in [6.45, 7) is 9.85. The zero-order chi connectivity index (χ0) is 28.4. The molecule has 0 saturated heterocycles. The molecule has 3 N–H and O–H groups in total. The molecule has 2 unspecified atom stereocenters. The van der Waals surface area contributed by atoms with E-state index in [2.05, 4.69) is 31.1 Å². The number of benzene rings is 2. The molecule has 1 aliphatic heterocycles. The lowest BCUT2D eigenvalue weighted by Gasteiger charge is -2.18. The van der Waals surface area contributed by atoms with E-state index in [4.69, 9.17) is 13.9 Å². The Bertz CT molecular complexity index is 1410. The smallest absolute Gasteiger partial charge is 0.343 e. The lowest BCUT2D eigenvalue weighted by molar-refractivity contribution is -0.161. The normalized spacial score (nSPS) is 17.6. The number of rotatable bonds is 8. The van der Waals surface area contributed by atoms with E-state index in [1.54, 1.807) is 19.1 Å². The van der Waals surface area contributed by atoms with Crippen molar-refractivity contribution < 1.29 is 38.5 Å². The van der Waals surface area contributed by atoms with Crippen LogP contribution in [0.1, 0.15) is 48.0 Å². The van der Waals surface area contributed by atoms with Crippen LogP contribution in [0.5, 0.6) is 11.5 Å². The molecule has 2 aromatic carbocycles. The van der Waals surface area contributed by atoms with E-state index in [0.717, 1.165) is 36.2 Å². The first-order valence-corrected chi connectivity index (χ1v) is 13.0. The number of furan rings is 1. The molecule has 10 heteroatoms. The average molecular weight is 539 g/mol. The number of likely N-dealkylation sites (N-methyl/N-ethyl adjacent to an activating group) is 1. The van der Waals surface area contributed by atoms with Crippen LogP contribution in [-0.2, 0) is 22.4 Å². The predicted octanol–water partition coefficient (Wildman–Crippen LogP) is 3.23. The number of amides is 1. The molecule has 4 rings (SSSR count). The van der Waals surface area contributed by atoms with Gasteiger partial charge in [-0.2, -0.15) is 0 Å². The summed E-state index contributed by atoms with van der Waals surface area (Å²) in [5, 5.41) is 23.7. The Morgan fingerprint density at radius 1 is 1.05 bits per heavy atom. The number of carbonyl (C=O) groups excluding carboxylic acids is 3. The fraction of sp³-hybridized carbons (Fsp3) is 0.414. The minimum Gasteiger partial charge on any atom is -0.461 e. The molecule has 10 nitrogen and oxygen atoms in total. The highest BCUT2D eigenvalue weighted by molar-refractivity contribution is 6.08. The zero-order valence-electron chi connectivity index (χ0n) is 22.7. The topological polar surface area (TPSA) is 139 Å². The van der Waals surface area contributed by atoms with E-state index >= 15 is 0 Å². The monoisotopic (exact) mass is 538 g/mol. The number of carbonyl (C=O) groups is 3. The number of aliphatic hydroxyl groups excluding tert-OH is 2. The molecule has 3 aromatic rings. The van der Waals surface area contributed by atoms with E-state index in [9.17, 15) is 24.6 Å². The van der Waals surface area contributed by atoms with Gasteiger partial charge in [-0.1, -0.05) is 20.8 Å². The van der Waals surface area contributed by atoms with Gasteiger partial charge in [-0.3, -0.25) is 4.79 Å². The van der Waals surface area contributed by atoms with Crippen molar-refractivity contribution in [2.75, 3.05) is 25.5 Å². The second kappa shape index (κ2) is 11.6. The minimum absolute atomic E-state index is 0.00240. The minimum atomic E-state index is -2.17. The van der Waals surface area contributed by atoms with Crippen LogP contribution in [-0.4, -0.2) is 65.3 Å². The molecule has 0 aliphatic carbocycles. The van der Waals surface area contributed by atoms with Crippen molar-refractivity contribution in [2.24, 2.45) is 5.92 Å². The quantitative estimate of drug-likeness (QED) is 0.291. The van der Waals surface area contributed by atoms with E-state index in [-0.39, 0.29) is 29.0 Å². The SMILES string of the molecule is CCc1c2ccc(C(=O)Nc3ccc4oc(C)c(CCN(C)CC(C)C)c4c3)c1OC(=O)C(O)C(O)C(=O)O2. The first-order chi connectivity index (χ1) is 18.5. The van der Waals surface area contributed by atoms with Gasteiger partial charge in [0.2, 0.25) is 0 Å². The number of ether oxygens (including phenoxy) is 2. The Kier molecular flexibility index (Phi) is 8.39. The molecule has 0 spiro atoms. The number of fused-ring (bicyclic) bond motifs is 3. The first-order valence-electron chi connectivity index (χ1n) is 13.0. The van der Waals surface area contributed by atoms with Gasteiger partial charge >= 0.3 is 11.9 Å². The third kappa shape index (κ3) is 5.98. The first kappa shape index (κ1) is 28.3. The molecule has 0 fully saturated rings. The second-order valence-corrected chi connectivity index (χ2v) is 10.2. The number of aliphatic hydroxyl groups is 2. The Morgan fingerprint density at radius 2 is 1.74 bits per heavy atom. The summed E-state index contributed by atoms with van der Waals surface area (Å²) in [4.78, 5) is 40.3. The number of aryl methyl sites for hydroxylation is 1. The molecule has 0 saturated carbocycles. The number of hydrogen-bond donors (Lipinski definition) is 3. The molecule has 1 aromatic heterocycles. The Morgan fingerprint density at radius 3 is 2.41 bits per heavy atom. The Labute approximate surface area is 226 Å². The summed E-state index contributed by atoms with van der Waals surface area (Å²) in [6, 6.07) is 8.11. The standard InChI is InChI=1S/C29H34N2O8/c1-6-18-22-10-8-20(26(18)39-29(36)25(33)24(32)28(35)38-22)27(34)30-17-7-9-23-21(13-17)19(16(4)37-23)11-12-31(5)14-15(2)3/h7-10,13,15,24-25,32-33H,6,11-12,14H2,1-5H3,(H,30,34). The van der Waals surface area contributed by atoms with Crippen molar-refractivity contribution in [3.05, 3.63) is 52.8 Å². The highest BCUT2D eigenvalue weighted by Gasteiger charge is 2.37. The fourth-order valence-electron chi connectivity index (χ4n) is 4.80. The largest absolute Gasteiger partial charge is 0.461 e. The molecule has 2 bridgehead atoms. The van der Waals surface area contributed by atoms with Gasteiger partial charge in [-0.25, -0.2) is 9.59 Å². The van der Waals surface area contributed by atoms with Crippen molar-refractivity contribution in [1.29, 1.82) is 0 Å². The maximum atomic E-state index is 13.4. The van der Waals surface area contributed by atoms with Crippen LogP contribution in [0.25, 0.3) is 11.0 Å². The number of anilines is 1. The number of nitrogens with one attached hydrogen (secondary N) is 1. The van der Waals surface area contributed by atoms with Crippen LogP contribution in [0.3, 0.4) is 0 Å². The van der Waals surface area contributed by atoms with Gasteiger partial charge in [0.25, 0.3) is 5.91 Å². The van der Waals surface area contributed by atoms with Crippen LogP contribution >= 0.6 is 0 Å². The van der Waals surface area contributed by atoms with Gasteiger partial charge in [0.05, 0.1) is 5.56 Å². The van der Waals surface area contributed by atoms with Crippen molar-refractivity contribution in [3.63, 3.8) is 0 Å². The molecule has 1 aliphatic rings. The molecular weight excluding hydrogens is 504 g/mol. The lowest BCUT2D eigenvalue weighted by atomic mass is 10.0. The maximum absolute atomic E-state index is 13.4. The van der Waals surface area contributed by atoms with Crippen LogP contribution in [0, 0.1) is 12.8 Å². The lowest BCUT2D eigenvalue weighted by Crippen LogP contribution is -2.43. The summed E-state index contributed by atoms with van der Waals surface area (Å²) in [6.07, 6.45) is -3.27. The molecule has 39 heavy (non-hydrogen) atoms. The summed E-state index contributed by atoms with van der Waals surface area (Å²) in [7, 11) is 2.09. The van der Waals surface area contributed by atoms with Gasteiger partial charge in [0, 0.05) is 35.3 Å². The molecule has 1 amide bonds. The average Bonchev–Trinajstić information content (AvgIpc) is 3.20. The van der Waals surface area contributed by atoms with E-state index in [1.807, 2.05) is 13.0 Å². The summed E-state index contributed by atoms with van der Waals surface area (Å²) < 4.78 is 16.5. The van der Waals surface area contributed by atoms with Crippen molar-refractivity contribution >= 4 is 34.5 Å². The van der Waals surface area contributed by atoms with Crippen LogP contribution in [0.2, 0.25) is 0 Å². The number of hydrogen-bond acceptors (Lipinski definition) is 9. The maximum Gasteiger partial charge on any atom is 0.343 e. The van der Waals surface area contributed by atoms with Crippen LogP contribution in [0.4, 0.5) is 5.69 Å². The van der Waals surface area contributed by atoms with E-state index in [0.29, 0.717) is 17.2 Å². The molecule has 208 valence electrons. The van der Waals surface area contributed by atoms with Crippen molar-refractivity contribution in [1.82, 2.24) is 4.90 Å². The molecule has 2 heterocycles. The third-order valence-electron chi connectivity index (χ3n) is 6.68. The molecule has 0 radical (unpaired) electrons. The summed E-state index contributed by atoms with van der Waals surface area (Å²) in [5.74, 6) is -1.78. The zero-order valence-corrected chi connectivity index (χ0v) is 22.7. The van der Waals surface area contributed by atoms with Gasteiger partial charge in [0.15, 0.2) is 18.0 Å². The molecular formula is C29H34N2O8. The van der Waals surface area contributed by atoms with Crippen molar-refractivity contribution in [3.8, 4) is 11.5 Å². The number of nitrogens with zero attached hydrogens (tertiary/aromatic N) is 1. The van der Waals surface area contributed by atoms with Gasteiger partial charge < -0.3 is 34.3 Å². The van der Waals surface area contributed by atoms with Gasteiger partial charge in [0.1, 0.15) is 17.1 Å². The summed E-state index contributed by atoms with van der Waals surface area (Å²) >= 11 is 0. The second-order valence-electron chi connectivity index (χ2n) is 10.2. The Hall–Kier alpha value is -3.73. The van der Waals surface area contributed by atoms with E-state index in [1.165, 1.54) is 12.1 Å². The summed E-state index contributed by atoms with van der Waals surface area (Å²) in [5.41, 5.74) is 2.57. The third-order valence-corrected chi connectivity index (χ3v) is 6.68. The van der Waals surface area contributed by atoms with Crippen molar-refractivity contribution in [2.45, 2.75) is 52.7 Å². The fourth-order valence-corrected chi connectivity index (χ4v) is 4.80. The van der Waals surface area contributed by atoms with E-state index < -0.39 is 30.1 Å². The van der Waals surface area contributed by atoms with Crippen LogP contribution in [0.15, 0.2) is 34.7 Å².